The molecule has 0 aliphatic heterocycles. The summed E-state index contributed by atoms with van der Waals surface area (Å²) in [5.74, 6) is 0.480. The Balaban J connectivity index is 1.95. The van der Waals surface area contributed by atoms with Crippen LogP contribution in [0.5, 0.6) is 11.5 Å². The third-order valence-electron chi connectivity index (χ3n) is 4.42. The van der Waals surface area contributed by atoms with Crippen LogP contribution in [-0.4, -0.2) is 17.5 Å². The van der Waals surface area contributed by atoms with Gasteiger partial charge >= 0.3 is 0 Å². The van der Waals surface area contributed by atoms with Crippen LogP contribution in [0.15, 0.2) is 42.5 Å². The summed E-state index contributed by atoms with van der Waals surface area (Å²) in [5.41, 5.74) is 1.50. The number of ketones is 1. The van der Waals surface area contributed by atoms with Crippen LogP contribution in [-0.2, 0) is 0 Å². The summed E-state index contributed by atoms with van der Waals surface area (Å²) in [6.07, 6.45) is 7.25. The smallest absolute Gasteiger partial charge is 0.196 e. The van der Waals surface area contributed by atoms with Gasteiger partial charge in [0.25, 0.3) is 0 Å². The lowest BCUT2D eigenvalue weighted by molar-refractivity contribution is 0.103. The Kier molecular flexibility index (Phi) is 7.52. The van der Waals surface area contributed by atoms with E-state index in [1.807, 2.05) is 18.2 Å². The average molecular weight is 340 g/mol. The molecule has 0 atom stereocenters. The normalized spacial score (nSPS) is 10.6. The van der Waals surface area contributed by atoms with E-state index in [1.54, 1.807) is 31.2 Å². The molecule has 0 spiro atoms. The van der Waals surface area contributed by atoms with Gasteiger partial charge in [-0.15, -0.1) is 0 Å². The SMILES string of the molecule is CCCCCCCCOc1ccc(C(=O)c2ccccc2)c(O)c1C. The van der Waals surface area contributed by atoms with Crippen molar-refractivity contribution >= 4 is 5.78 Å². The lowest BCUT2D eigenvalue weighted by Gasteiger charge is -2.13. The summed E-state index contributed by atoms with van der Waals surface area (Å²) in [7, 11) is 0. The van der Waals surface area contributed by atoms with Crippen LogP contribution in [0.25, 0.3) is 0 Å². The van der Waals surface area contributed by atoms with Crippen molar-refractivity contribution in [1.82, 2.24) is 0 Å². The molecule has 1 N–H and O–H groups in total. The largest absolute Gasteiger partial charge is 0.507 e. The minimum absolute atomic E-state index is 0.00861. The first kappa shape index (κ1) is 19.0. The molecule has 0 aliphatic rings. The number of phenolic OH excluding ortho intramolecular Hbond substituents is 1. The molecule has 134 valence electrons. The Morgan fingerprint density at radius 3 is 2.36 bits per heavy atom. The molecule has 0 bridgehead atoms. The van der Waals surface area contributed by atoms with Gasteiger partial charge in [0.2, 0.25) is 0 Å². The van der Waals surface area contributed by atoms with Crippen molar-refractivity contribution in [3.05, 3.63) is 59.2 Å². The molecule has 3 heteroatoms. The van der Waals surface area contributed by atoms with E-state index in [4.69, 9.17) is 4.74 Å². The lowest BCUT2D eigenvalue weighted by atomic mass is 10.00. The van der Waals surface area contributed by atoms with Gasteiger partial charge in [-0.3, -0.25) is 4.79 Å². The maximum Gasteiger partial charge on any atom is 0.196 e. The van der Waals surface area contributed by atoms with E-state index in [2.05, 4.69) is 6.92 Å². The van der Waals surface area contributed by atoms with Gasteiger partial charge in [0.15, 0.2) is 5.78 Å². The van der Waals surface area contributed by atoms with Crippen LogP contribution in [0, 0.1) is 6.92 Å². The van der Waals surface area contributed by atoms with Gasteiger partial charge in [-0.05, 0) is 25.5 Å². The lowest BCUT2D eigenvalue weighted by Crippen LogP contribution is -2.04. The number of carbonyl (C=O) groups is 1. The molecular weight excluding hydrogens is 312 g/mol. The average Bonchev–Trinajstić information content (AvgIpc) is 2.64. The number of rotatable bonds is 10. The van der Waals surface area contributed by atoms with E-state index >= 15 is 0 Å². The van der Waals surface area contributed by atoms with Crippen molar-refractivity contribution in [3.63, 3.8) is 0 Å². The minimum Gasteiger partial charge on any atom is -0.507 e. The van der Waals surface area contributed by atoms with Gasteiger partial charge in [0.05, 0.1) is 12.2 Å². The number of phenols is 1. The fourth-order valence-corrected chi connectivity index (χ4v) is 2.83. The van der Waals surface area contributed by atoms with E-state index < -0.39 is 0 Å². The molecule has 0 saturated carbocycles. The highest BCUT2D eigenvalue weighted by Crippen LogP contribution is 2.32. The Morgan fingerprint density at radius 1 is 0.960 bits per heavy atom. The van der Waals surface area contributed by atoms with E-state index in [0.717, 1.165) is 12.8 Å². The summed E-state index contributed by atoms with van der Waals surface area (Å²) < 4.78 is 5.79. The maximum absolute atomic E-state index is 12.5. The minimum atomic E-state index is -0.177. The highest BCUT2D eigenvalue weighted by atomic mass is 16.5. The van der Waals surface area contributed by atoms with E-state index in [-0.39, 0.29) is 11.5 Å². The number of carbonyl (C=O) groups excluding carboxylic acids is 1. The second-order valence-corrected chi connectivity index (χ2v) is 6.40. The van der Waals surface area contributed by atoms with Crippen LogP contribution in [0.3, 0.4) is 0 Å². The molecule has 3 nitrogen and oxygen atoms in total. The number of ether oxygens (including phenoxy) is 1. The third-order valence-corrected chi connectivity index (χ3v) is 4.42. The predicted octanol–water partition coefficient (Wildman–Crippen LogP) is 5.67. The number of unbranched alkanes of at least 4 members (excludes halogenated alkanes) is 5. The predicted molar refractivity (Wildman–Crippen MR) is 102 cm³/mol. The molecule has 25 heavy (non-hydrogen) atoms. The number of hydrogen-bond donors (Lipinski definition) is 1. The molecule has 0 radical (unpaired) electrons. The van der Waals surface area contributed by atoms with Crippen molar-refractivity contribution in [2.24, 2.45) is 0 Å². The summed E-state index contributed by atoms with van der Waals surface area (Å²) in [6.45, 7) is 4.64. The molecular formula is C22H28O3. The molecule has 0 heterocycles. The zero-order valence-electron chi connectivity index (χ0n) is 15.3. The van der Waals surface area contributed by atoms with Crippen molar-refractivity contribution in [1.29, 1.82) is 0 Å². The van der Waals surface area contributed by atoms with Crippen LogP contribution in [0.4, 0.5) is 0 Å². The van der Waals surface area contributed by atoms with Crippen LogP contribution < -0.4 is 4.74 Å². The highest BCUT2D eigenvalue weighted by Gasteiger charge is 2.17. The summed E-state index contributed by atoms with van der Waals surface area (Å²) in [4.78, 5) is 12.5. The fourth-order valence-electron chi connectivity index (χ4n) is 2.83. The van der Waals surface area contributed by atoms with Crippen molar-refractivity contribution < 1.29 is 14.6 Å². The van der Waals surface area contributed by atoms with Crippen molar-refractivity contribution in [2.45, 2.75) is 52.4 Å². The van der Waals surface area contributed by atoms with Gasteiger partial charge in [-0.2, -0.15) is 0 Å². The van der Waals surface area contributed by atoms with Gasteiger partial charge in [0.1, 0.15) is 11.5 Å². The Labute approximate surface area is 150 Å². The van der Waals surface area contributed by atoms with Crippen molar-refractivity contribution in [3.8, 4) is 11.5 Å². The zero-order valence-corrected chi connectivity index (χ0v) is 15.3. The summed E-state index contributed by atoms with van der Waals surface area (Å²) in [6, 6.07) is 12.4. The van der Waals surface area contributed by atoms with Crippen LogP contribution in [0.2, 0.25) is 0 Å². The first-order valence-corrected chi connectivity index (χ1v) is 9.20. The molecule has 0 aromatic heterocycles. The quantitative estimate of drug-likeness (QED) is 0.448. The summed E-state index contributed by atoms with van der Waals surface area (Å²) >= 11 is 0. The zero-order chi connectivity index (χ0) is 18.1. The first-order chi connectivity index (χ1) is 12.1. The molecule has 0 unspecified atom stereocenters. The van der Waals surface area contributed by atoms with E-state index in [0.29, 0.717) is 29.0 Å². The molecule has 0 amide bonds. The van der Waals surface area contributed by atoms with Gasteiger partial charge < -0.3 is 9.84 Å². The topological polar surface area (TPSA) is 46.5 Å². The monoisotopic (exact) mass is 340 g/mol. The maximum atomic E-state index is 12.5. The number of aromatic hydroxyl groups is 1. The number of benzene rings is 2. The molecule has 2 aromatic carbocycles. The van der Waals surface area contributed by atoms with Crippen LogP contribution in [0.1, 0.15) is 66.9 Å². The fraction of sp³-hybridized carbons (Fsp3) is 0.409. The van der Waals surface area contributed by atoms with E-state index in [1.165, 1.54) is 25.7 Å². The number of hydrogen-bond acceptors (Lipinski definition) is 3. The molecule has 0 saturated heterocycles. The van der Waals surface area contributed by atoms with Gasteiger partial charge in [-0.1, -0.05) is 69.4 Å². The molecule has 0 aliphatic carbocycles. The summed E-state index contributed by atoms with van der Waals surface area (Å²) in [5, 5.41) is 10.4. The Morgan fingerprint density at radius 2 is 1.64 bits per heavy atom. The van der Waals surface area contributed by atoms with Gasteiger partial charge in [0, 0.05) is 11.1 Å². The molecule has 2 rings (SSSR count). The second-order valence-electron chi connectivity index (χ2n) is 6.40. The van der Waals surface area contributed by atoms with E-state index in [9.17, 15) is 9.90 Å². The van der Waals surface area contributed by atoms with Gasteiger partial charge in [-0.25, -0.2) is 0 Å². The molecule has 2 aromatic rings. The first-order valence-electron chi connectivity index (χ1n) is 9.20. The highest BCUT2D eigenvalue weighted by molar-refractivity contribution is 6.11. The standard InChI is InChI=1S/C22H28O3/c1-3-4-5-6-7-11-16-25-20-15-14-19(21(23)17(20)2)22(24)18-12-9-8-10-13-18/h8-10,12-15,23H,3-7,11,16H2,1-2H3. The second kappa shape index (κ2) is 9.87. The molecule has 0 fully saturated rings. The van der Waals surface area contributed by atoms with Crippen molar-refractivity contribution in [2.75, 3.05) is 6.61 Å². The Bertz CT molecular complexity index is 677. The Hall–Kier alpha value is -2.29. The third kappa shape index (κ3) is 5.35. The van der Waals surface area contributed by atoms with Crippen LogP contribution >= 0.6 is 0 Å².